The van der Waals surface area contributed by atoms with Crippen LogP contribution in [0.5, 0.6) is 0 Å². The Morgan fingerprint density at radius 2 is 1.73 bits per heavy atom. The second kappa shape index (κ2) is 9.27. The van der Waals surface area contributed by atoms with Crippen LogP contribution in [0.1, 0.15) is 18.9 Å². The fraction of sp³-hybridized carbons (Fsp3) is 0.333. The Kier molecular flexibility index (Phi) is 6.04. The van der Waals surface area contributed by atoms with E-state index in [4.69, 9.17) is 0 Å². The minimum Gasteiger partial charge on any atom is -0.362 e. The molecular weight excluding hydrogens is 438 g/mol. The number of amides is 1. The highest BCUT2D eigenvalue weighted by atomic mass is 32.2. The molecule has 1 saturated heterocycles. The molecule has 33 heavy (non-hydrogen) atoms. The van der Waals surface area contributed by atoms with Gasteiger partial charge in [-0.1, -0.05) is 54.2 Å². The monoisotopic (exact) mass is 463 g/mol. The van der Waals surface area contributed by atoms with Gasteiger partial charge in [0.05, 0.1) is 22.6 Å². The highest BCUT2D eigenvalue weighted by Gasteiger charge is 2.30. The molecule has 9 heteroatoms. The number of hydrogen-bond donors (Lipinski definition) is 0. The number of nitro groups is 1. The Balaban J connectivity index is 1.21. The minimum absolute atomic E-state index is 0.0776. The number of benzene rings is 2. The summed E-state index contributed by atoms with van der Waals surface area (Å²) < 4.78 is 2.28. The first-order valence-electron chi connectivity index (χ1n) is 11.1. The second-order valence-electron chi connectivity index (χ2n) is 8.30. The van der Waals surface area contributed by atoms with E-state index in [2.05, 4.69) is 21.7 Å². The van der Waals surface area contributed by atoms with Gasteiger partial charge in [0.25, 0.3) is 5.69 Å². The van der Waals surface area contributed by atoms with E-state index in [1.807, 2.05) is 40.3 Å². The summed E-state index contributed by atoms with van der Waals surface area (Å²) in [5.41, 5.74) is 2.96. The Labute approximate surface area is 196 Å². The van der Waals surface area contributed by atoms with E-state index in [0.717, 1.165) is 29.3 Å². The van der Waals surface area contributed by atoms with Crippen molar-refractivity contribution in [1.29, 1.82) is 0 Å². The number of aromatic nitrogens is 2. The van der Waals surface area contributed by atoms with Crippen LogP contribution in [0.25, 0.3) is 11.3 Å². The lowest BCUT2D eigenvalue weighted by atomic mass is 10.2. The summed E-state index contributed by atoms with van der Waals surface area (Å²) in [6.07, 6.45) is 4.20. The number of hydrogen-bond acceptors (Lipinski definition) is 6. The van der Waals surface area contributed by atoms with Gasteiger partial charge >= 0.3 is 0 Å². The van der Waals surface area contributed by atoms with Crippen molar-refractivity contribution in [3.63, 3.8) is 0 Å². The predicted octanol–water partition coefficient (Wildman–Crippen LogP) is 4.23. The van der Waals surface area contributed by atoms with Crippen LogP contribution in [0.3, 0.4) is 0 Å². The molecule has 3 aromatic rings. The third-order valence-corrected chi connectivity index (χ3v) is 7.07. The molecule has 0 unspecified atom stereocenters. The normalized spacial score (nSPS) is 16.1. The molecule has 2 fully saturated rings. The lowest BCUT2D eigenvalue weighted by Gasteiger charge is -2.35. The van der Waals surface area contributed by atoms with E-state index in [-0.39, 0.29) is 16.5 Å². The number of rotatable bonds is 7. The second-order valence-corrected chi connectivity index (χ2v) is 9.24. The summed E-state index contributed by atoms with van der Waals surface area (Å²) in [5, 5.41) is 12.2. The van der Waals surface area contributed by atoms with Crippen molar-refractivity contribution in [3.8, 4) is 11.3 Å². The van der Waals surface area contributed by atoms with Crippen LogP contribution in [-0.4, -0.2) is 57.2 Å². The van der Waals surface area contributed by atoms with Gasteiger partial charge in [0.1, 0.15) is 5.69 Å². The van der Waals surface area contributed by atoms with Crippen LogP contribution in [0.4, 0.5) is 11.4 Å². The lowest BCUT2D eigenvalue weighted by Crippen LogP contribution is -2.49. The first-order valence-corrected chi connectivity index (χ1v) is 12.1. The predicted molar refractivity (Wildman–Crippen MR) is 129 cm³/mol. The van der Waals surface area contributed by atoms with Gasteiger partial charge < -0.3 is 14.4 Å². The zero-order valence-corrected chi connectivity index (χ0v) is 19.0. The molecule has 1 aliphatic carbocycles. The van der Waals surface area contributed by atoms with Gasteiger partial charge in [-0.15, -0.1) is 0 Å². The van der Waals surface area contributed by atoms with Gasteiger partial charge in [-0.2, -0.15) is 0 Å². The van der Waals surface area contributed by atoms with Crippen molar-refractivity contribution < 1.29 is 9.72 Å². The first-order chi connectivity index (χ1) is 16.1. The van der Waals surface area contributed by atoms with Crippen LogP contribution in [-0.2, 0) is 4.79 Å². The number of anilines is 1. The summed E-state index contributed by atoms with van der Waals surface area (Å²) >= 11 is 1.49. The number of carbonyl (C=O) groups excluding carboxylic acids is 1. The fourth-order valence-corrected chi connectivity index (χ4v) is 5.21. The topological polar surface area (TPSA) is 84.5 Å². The van der Waals surface area contributed by atoms with Crippen molar-refractivity contribution >= 4 is 29.0 Å². The zero-order chi connectivity index (χ0) is 22.8. The van der Waals surface area contributed by atoms with Crippen LogP contribution < -0.4 is 4.90 Å². The molecule has 1 saturated carbocycles. The molecule has 2 aliphatic rings. The smallest absolute Gasteiger partial charge is 0.292 e. The molecule has 170 valence electrons. The van der Waals surface area contributed by atoms with E-state index in [1.54, 1.807) is 12.1 Å². The van der Waals surface area contributed by atoms with Gasteiger partial charge in [-0.05, 0) is 24.5 Å². The summed E-state index contributed by atoms with van der Waals surface area (Å²) in [4.78, 5) is 32.4. The quantitative estimate of drug-likeness (QED) is 0.296. The molecule has 0 spiro atoms. The molecule has 1 aliphatic heterocycles. The molecule has 0 radical (unpaired) electrons. The SMILES string of the molecule is O=C(CSc1ncc(-c2ccccc2)n1C1CC1)N1CCN(c2ccccc2[N+](=O)[O-])CC1. The molecule has 1 amide bonds. The molecule has 8 nitrogen and oxygen atoms in total. The van der Waals surface area contributed by atoms with Crippen molar-refractivity contribution in [2.45, 2.75) is 24.0 Å². The third kappa shape index (κ3) is 4.59. The summed E-state index contributed by atoms with van der Waals surface area (Å²) in [6, 6.07) is 17.5. The zero-order valence-electron chi connectivity index (χ0n) is 18.2. The first kappa shape index (κ1) is 21.5. The number of para-hydroxylation sites is 2. The van der Waals surface area contributed by atoms with E-state index in [1.165, 1.54) is 17.8 Å². The Morgan fingerprint density at radius 3 is 2.42 bits per heavy atom. The van der Waals surface area contributed by atoms with Crippen molar-refractivity contribution in [3.05, 3.63) is 70.9 Å². The fourth-order valence-electron chi connectivity index (χ4n) is 4.26. The van der Waals surface area contributed by atoms with Gasteiger partial charge in [-0.25, -0.2) is 4.98 Å². The molecule has 0 atom stereocenters. The van der Waals surface area contributed by atoms with Gasteiger partial charge in [0.2, 0.25) is 5.91 Å². The number of thioether (sulfide) groups is 1. The molecule has 2 aromatic carbocycles. The van der Waals surface area contributed by atoms with Crippen molar-refractivity contribution in [1.82, 2.24) is 14.5 Å². The Bertz CT molecular complexity index is 1150. The van der Waals surface area contributed by atoms with Crippen molar-refractivity contribution in [2.75, 3.05) is 36.8 Å². The van der Waals surface area contributed by atoms with Crippen molar-refractivity contribution in [2.24, 2.45) is 0 Å². The largest absolute Gasteiger partial charge is 0.362 e. The molecule has 1 aromatic heterocycles. The van der Waals surface area contributed by atoms with E-state index < -0.39 is 0 Å². The minimum atomic E-state index is -0.352. The highest BCUT2D eigenvalue weighted by molar-refractivity contribution is 7.99. The van der Waals surface area contributed by atoms with Crippen LogP contribution >= 0.6 is 11.8 Å². The summed E-state index contributed by atoms with van der Waals surface area (Å²) in [7, 11) is 0. The average Bonchev–Trinajstić information content (AvgIpc) is 3.61. The number of nitrogens with zero attached hydrogens (tertiary/aromatic N) is 5. The maximum Gasteiger partial charge on any atom is 0.292 e. The molecule has 0 bridgehead atoms. The molecule has 0 N–H and O–H groups in total. The van der Waals surface area contributed by atoms with E-state index >= 15 is 0 Å². The molecule has 2 heterocycles. The summed E-state index contributed by atoms with van der Waals surface area (Å²) in [6.45, 7) is 2.27. The highest BCUT2D eigenvalue weighted by Crippen LogP contribution is 2.42. The molecular formula is C24H25N5O3S. The van der Waals surface area contributed by atoms with E-state index in [0.29, 0.717) is 43.7 Å². The van der Waals surface area contributed by atoms with Crippen LogP contribution in [0.15, 0.2) is 66.0 Å². The third-order valence-electron chi connectivity index (χ3n) is 6.12. The standard InChI is InChI=1S/C24H25N5O3S/c30-23(27-14-12-26(13-15-27)20-8-4-5-9-21(20)29(31)32)17-33-24-25-16-22(28(24)19-10-11-19)18-6-2-1-3-7-18/h1-9,16,19H,10-15,17H2. The maximum absolute atomic E-state index is 12.9. The number of nitro benzene ring substituents is 1. The Hall–Kier alpha value is -3.33. The number of carbonyl (C=O) groups is 1. The van der Waals surface area contributed by atoms with Gasteiger partial charge in [0.15, 0.2) is 5.16 Å². The van der Waals surface area contributed by atoms with Crippen LogP contribution in [0, 0.1) is 10.1 Å². The lowest BCUT2D eigenvalue weighted by molar-refractivity contribution is -0.384. The number of imidazole rings is 1. The van der Waals surface area contributed by atoms with E-state index in [9.17, 15) is 14.9 Å². The van der Waals surface area contributed by atoms with Gasteiger partial charge in [-0.3, -0.25) is 14.9 Å². The Morgan fingerprint density at radius 1 is 1.03 bits per heavy atom. The number of piperazine rings is 1. The van der Waals surface area contributed by atoms with Crippen LogP contribution in [0.2, 0.25) is 0 Å². The van der Waals surface area contributed by atoms with Gasteiger partial charge in [0, 0.05) is 38.3 Å². The summed E-state index contributed by atoms with van der Waals surface area (Å²) in [5.74, 6) is 0.414. The maximum atomic E-state index is 12.9. The average molecular weight is 464 g/mol. The molecule has 5 rings (SSSR count).